The van der Waals surface area contributed by atoms with Gasteiger partial charge in [-0.2, -0.15) is 4.31 Å². The van der Waals surface area contributed by atoms with Crippen LogP contribution in [0.4, 0.5) is 8.78 Å². The lowest BCUT2D eigenvalue weighted by Gasteiger charge is -2.37. The molecule has 1 aliphatic heterocycles. The number of hydrogen-bond acceptors (Lipinski definition) is 6. The number of sulfonamides is 1. The van der Waals surface area contributed by atoms with E-state index in [1.807, 2.05) is 6.92 Å². The van der Waals surface area contributed by atoms with Gasteiger partial charge in [0.15, 0.2) is 0 Å². The van der Waals surface area contributed by atoms with E-state index in [0.29, 0.717) is 11.1 Å². The molecule has 0 saturated carbocycles. The van der Waals surface area contributed by atoms with E-state index < -0.39 is 39.7 Å². The Balaban J connectivity index is 1.72. The number of likely N-dealkylation sites (N-methyl/N-ethyl adjacent to an activating group) is 1. The molecule has 2 heterocycles. The number of aliphatic hydroxyl groups excluding tert-OH is 1. The predicted molar refractivity (Wildman–Crippen MR) is 137 cm³/mol. The molecular formula is C27H29F2N3O5S. The standard InChI is InChI=1S/C27H29F2N3O5S/c1-17-14-32(18(2)16-33)27(34)24-11-20(19-6-4-7-21(28)10-19)13-30-26(24)37-25(17)15-31(3)38(35,36)23-9-5-8-22(29)12-23/h4-13,17-18,25,33H,14-16H2,1-3H3/t17-,18-,25-/m1/s1. The molecule has 8 nitrogen and oxygen atoms in total. The highest BCUT2D eigenvalue weighted by Crippen LogP contribution is 2.31. The first-order valence-corrected chi connectivity index (χ1v) is 13.5. The van der Waals surface area contributed by atoms with Crippen molar-refractivity contribution in [2.24, 2.45) is 5.92 Å². The van der Waals surface area contributed by atoms with E-state index in [1.54, 1.807) is 25.1 Å². The third-order valence-electron chi connectivity index (χ3n) is 6.62. The van der Waals surface area contributed by atoms with Gasteiger partial charge in [0.1, 0.15) is 23.3 Å². The van der Waals surface area contributed by atoms with Crippen LogP contribution < -0.4 is 4.74 Å². The number of pyridine rings is 1. The quantitative estimate of drug-likeness (QED) is 0.487. The van der Waals surface area contributed by atoms with Gasteiger partial charge in [0.25, 0.3) is 5.91 Å². The number of aliphatic hydroxyl groups is 1. The van der Waals surface area contributed by atoms with Gasteiger partial charge in [0, 0.05) is 31.3 Å². The van der Waals surface area contributed by atoms with Crippen LogP contribution in [0.15, 0.2) is 65.7 Å². The number of rotatable bonds is 7. The van der Waals surface area contributed by atoms with E-state index in [2.05, 4.69) is 4.98 Å². The second-order valence-electron chi connectivity index (χ2n) is 9.45. The summed E-state index contributed by atoms with van der Waals surface area (Å²) in [5, 5.41) is 9.83. The normalized spacial score (nSPS) is 18.9. The van der Waals surface area contributed by atoms with Gasteiger partial charge in [-0.3, -0.25) is 4.79 Å². The highest BCUT2D eigenvalue weighted by atomic mass is 32.2. The summed E-state index contributed by atoms with van der Waals surface area (Å²) < 4.78 is 61.0. The maximum atomic E-state index is 13.8. The molecule has 0 aliphatic carbocycles. The van der Waals surface area contributed by atoms with Crippen LogP contribution in [-0.4, -0.2) is 72.5 Å². The third kappa shape index (κ3) is 5.69. The molecule has 0 fully saturated rings. The van der Waals surface area contributed by atoms with Gasteiger partial charge in [0.2, 0.25) is 15.9 Å². The Hall–Kier alpha value is -3.41. The van der Waals surface area contributed by atoms with Crippen molar-refractivity contribution in [1.29, 1.82) is 0 Å². The summed E-state index contributed by atoms with van der Waals surface area (Å²) in [5.74, 6) is -1.90. The average molecular weight is 546 g/mol. The van der Waals surface area contributed by atoms with E-state index >= 15 is 0 Å². The van der Waals surface area contributed by atoms with Crippen molar-refractivity contribution in [2.75, 3.05) is 26.7 Å². The molecule has 1 amide bonds. The SMILES string of the molecule is C[C@@H]1CN([C@H](C)CO)C(=O)c2cc(-c3cccc(F)c3)cnc2O[C@@H]1CN(C)S(=O)(=O)c1cccc(F)c1. The van der Waals surface area contributed by atoms with Crippen molar-refractivity contribution in [3.05, 3.63) is 78.0 Å². The zero-order valence-corrected chi connectivity index (χ0v) is 22.0. The van der Waals surface area contributed by atoms with Gasteiger partial charge >= 0.3 is 0 Å². The summed E-state index contributed by atoms with van der Waals surface area (Å²) in [6.45, 7) is 3.28. The molecule has 0 radical (unpaired) electrons. The summed E-state index contributed by atoms with van der Waals surface area (Å²) >= 11 is 0. The van der Waals surface area contributed by atoms with Crippen molar-refractivity contribution in [1.82, 2.24) is 14.2 Å². The summed E-state index contributed by atoms with van der Waals surface area (Å²) in [6, 6.07) is 11.6. The molecule has 11 heteroatoms. The fourth-order valence-corrected chi connectivity index (χ4v) is 5.52. The number of carbonyl (C=O) groups is 1. The zero-order valence-electron chi connectivity index (χ0n) is 21.2. The maximum Gasteiger partial charge on any atom is 0.259 e. The molecule has 3 atom stereocenters. The Bertz CT molecular complexity index is 1440. The van der Waals surface area contributed by atoms with Crippen molar-refractivity contribution < 1.29 is 31.8 Å². The van der Waals surface area contributed by atoms with Gasteiger partial charge in [-0.15, -0.1) is 0 Å². The summed E-state index contributed by atoms with van der Waals surface area (Å²) in [4.78, 5) is 19.2. The summed E-state index contributed by atoms with van der Waals surface area (Å²) in [7, 11) is -2.67. The van der Waals surface area contributed by atoms with E-state index in [0.717, 1.165) is 16.4 Å². The molecule has 1 aromatic heterocycles. The number of hydrogen-bond donors (Lipinski definition) is 1. The van der Waals surface area contributed by atoms with Crippen molar-refractivity contribution >= 4 is 15.9 Å². The molecule has 38 heavy (non-hydrogen) atoms. The first-order chi connectivity index (χ1) is 18.0. The molecule has 3 aromatic rings. The predicted octanol–water partition coefficient (Wildman–Crippen LogP) is 3.57. The zero-order chi connectivity index (χ0) is 27.6. The Morgan fingerprint density at radius 3 is 2.47 bits per heavy atom. The van der Waals surface area contributed by atoms with Gasteiger partial charge in [0.05, 0.1) is 24.1 Å². The van der Waals surface area contributed by atoms with Gasteiger partial charge < -0.3 is 14.7 Å². The summed E-state index contributed by atoms with van der Waals surface area (Å²) in [6.07, 6.45) is 0.716. The van der Waals surface area contributed by atoms with Crippen LogP contribution in [0.1, 0.15) is 24.2 Å². The number of nitrogens with zero attached hydrogens (tertiary/aromatic N) is 3. The monoisotopic (exact) mass is 545 g/mol. The lowest BCUT2D eigenvalue weighted by Crippen LogP contribution is -2.50. The molecule has 0 unspecified atom stereocenters. The fraction of sp³-hybridized carbons (Fsp3) is 0.333. The van der Waals surface area contributed by atoms with E-state index in [9.17, 15) is 27.1 Å². The lowest BCUT2D eigenvalue weighted by atomic mass is 9.99. The second-order valence-corrected chi connectivity index (χ2v) is 11.5. The number of aromatic nitrogens is 1. The molecule has 1 aliphatic rings. The minimum absolute atomic E-state index is 0.00148. The van der Waals surface area contributed by atoms with Crippen LogP contribution in [0.5, 0.6) is 5.88 Å². The highest BCUT2D eigenvalue weighted by molar-refractivity contribution is 7.89. The smallest absolute Gasteiger partial charge is 0.259 e. The molecule has 0 spiro atoms. The van der Waals surface area contributed by atoms with Crippen LogP contribution >= 0.6 is 0 Å². The van der Waals surface area contributed by atoms with Crippen LogP contribution in [0, 0.1) is 17.6 Å². The van der Waals surface area contributed by atoms with Crippen molar-refractivity contribution in [3.63, 3.8) is 0 Å². The number of fused-ring (bicyclic) bond motifs is 1. The van der Waals surface area contributed by atoms with Crippen LogP contribution in [0.25, 0.3) is 11.1 Å². The number of halogens is 2. The summed E-state index contributed by atoms with van der Waals surface area (Å²) in [5.41, 5.74) is 1.12. The number of ether oxygens (including phenoxy) is 1. The van der Waals surface area contributed by atoms with E-state index in [1.165, 1.54) is 42.4 Å². The Kier molecular flexibility index (Phi) is 8.10. The average Bonchev–Trinajstić information content (AvgIpc) is 2.89. The molecular weight excluding hydrogens is 516 g/mol. The van der Waals surface area contributed by atoms with Gasteiger partial charge in [-0.05, 0) is 48.9 Å². The number of benzene rings is 2. The van der Waals surface area contributed by atoms with Crippen molar-refractivity contribution in [2.45, 2.75) is 30.9 Å². The molecule has 1 N–H and O–H groups in total. The molecule has 2 aromatic carbocycles. The van der Waals surface area contributed by atoms with E-state index in [4.69, 9.17) is 4.74 Å². The maximum absolute atomic E-state index is 13.8. The van der Waals surface area contributed by atoms with Crippen LogP contribution in [-0.2, 0) is 10.0 Å². The fourth-order valence-electron chi connectivity index (χ4n) is 4.31. The third-order valence-corrected chi connectivity index (χ3v) is 8.44. The van der Waals surface area contributed by atoms with Crippen LogP contribution in [0.3, 0.4) is 0 Å². The molecule has 4 rings (SSSR count). The van der Waals surface area contributed by atoms with Crippen LogP contribution in [0.2, 0.25) is 0 Å². The number of carbonyl (C=O) groups excluding carboxylic acids is 1. The lowest BCUT2D eigenvalue weighted by molar-refractivity contribution is 0.0373. The first-order valence-electron chi connectivity index (χ1n) is 12.1. The molecule has 0 saturated heterocycles. The van der Waals surface area contributed by atoms with Gasteiger partial charge in [-0.1, -0.05) is 25.1 Å². The minimum atomic E-state index is -4.04. The number of amides is 1. The Labute approximate surface area is 220 Å². The largest absolute Gasteiger partial charge is 0.472 e. The first kappa shape index (κ1) is 27.6. The Morgan fingerprint density at radius 1 is 1.13 bits per heavy atom. The second kappa shape index (κ2) is 11.1. The van der Waals surface area contributed by atoms with Gasteiger partial charge in [-0.25, -0.2) is 22.2 Å². The minimum Gasteiger partial charge on any atom is -0.472 e. The molecule has 0 bridgehead atoms. The highest BCUT2D eigenvalue weighted by Gasteiger charge is 2.36. The Morgan fingerprint density at radius 2 is 1.82 bits per heavy atom. The van der Waals surface area contributed by atoms with Crippen molar-refractivity contribution in [3.8, 4) is 17.0 Å². The topological polar surface area (TPSA) is 100 Å². The van der Waals surface area contributed by atoms with E-state index in [-0.39, 0.29) is 42.0 Å². The molecule has 202 valence electrons.